The summed E-state index contributed by atoms with van der Waals surface area (Å²) in [6.07, 6.45) is 2.74. The van der Waals surface area contributed by atoms with E-state index in [1.54, 1.807) is 25.1 Å². The topological polar surface area (TPSA) is 55.8 Å². The first-order valence-electron chi connectivity index (χ1n) is 4.89. The molecule has 0 aliphatic carbocycles. The van der Waals surface area contributed by atoms with Crippen molar-refractivity contribution in [3.05, 3.63) is 29.8 Å². The maximum absolute atomic E-state index is 11.1. The average Bonchev–Trinajstić information content (AvgIpc) is 2.28. The number of phenolic OH excluding ortho intramolecular Hbond substituents is 1. The summed E-state index contributed by atoms with van der Waals surface area (Å²) in [7, 11) is 1.47. The van der Waals surface area contributed by atoms with Crippen molar-refractivity contribution < 1.29 is 19.4 Å². The highest BCUT2D eigenvalue weighted by Crippen LogP contribution is 2.30. The van der Waals surface area contributed by atoms with E-state index in [1.807, 2.05) is 0 Å². The molecule has 1 N–H and O–H groups in total. The molecule has 1 aromatic carbocycles. The molecule has 0 aliphatic heterocycles. The highest BCUT2D eigenvalue weighted by Gasteiger charge is 2.04. The van der Waals surface area contributed by atoms with Crippen LogP contribution in [-0.2, 0) is 9.53 Å². The summed E-state index contributed by atoms with van der Waals surface area (Å²) in [5.74, 6) is -0.0683. The van der Waals surface area contributed by atoms with E-state index in [2.05, 4.69) is 0 Å². The number of rotatable bonds is 4. The van der Waals surface area contributed by atoms with Crippen LogP contribution < -0.4 is 4.74 Å². The van der Waals surface area contributed by atoms with Gasteiger partial charge in [-0.1, -0.05) is 12.1 Å². The highest BCUT2D eigenvalue weighted by atomic mass is 16.5. The number of ether oxygens (including phenoxy) is 2. The number of esters is 1. The Hall–Kier alpha value is -1.97. The van der Waals surface area contributed by atoms with Crippen molar-refractivity contribution in [1.82, 2.24) is 0 Å². The Morgan fingerprint density at radius 3 is 2.88 bits per heavy atom. The number of phenols is 1. The van der Waals surface area contributed by atoms with Crippen molar-refractivity contribution >= 4 is 12.0 Å². The smallest absolute Gasteiger partial charge is 0.330 e. The van der Waals surface area contributed by atoms with Gasteiger partial charge >= 0.3 is 5.97 Å². The third-order valence-electron chi connectivity index (χ3n) is 1.94. The Morgan fingerprint density at radius 1 is 1.50 bits per heavy atom. The van der Waals surface area contributed by atoms with Gasteiger partial charge in [0.25, 0.3) is 0 Å². The molecule has 0 saturated heterocycles. The van der Waals surface area contributed by atoms with Crippen LogP contribution >= 0.6 is 0 Å². The minimum Gasteiger partial charge on any atom is -0.504 e. The first-order valence-corrected chi connectivity index (χ1v) is 4.89. The van der Waals surface area contributed by atoms with E-state index in [9.17, 15) is 9.90 Å². The number of hydrogen-bond acceptors (Lipinski definition) is 4. The molecule has 0 aromatic heterocycles. The number of carbonyl (C=O) groups is 1. The second kappa shape index (κ2) is 5.80. The van der Waals surface area contributed by atoms with Crippen molar-refractivity contribution in [3.8, 4) is 11.5 Å². The van der Waals surface area contributed by atoms with Gasteiger partial charge in [-0.15, -0.1) is 0 Å². The third kappa shape index (κ3) is 3.02. The number of aromatic hydroxyl groups is 1. The molecule has 0 aliphatic rings. The molecule has 0 unspecified atom stereocenters. The first-order chi connectivity index (χ1) is 7.69. The molecule has 0 radical (unpaired) electrons. The summed E-state index contributed by atoms with van der Waals surface area (Å²) in [5, 5.41) is 9.70. The second-order valence-electron chi connectivity index (χ2n) is 2.98. The molecular formula is C12H14O4. The summed E-state index contributed by atoms with van der Waals surface area (Å²) in [5.41, 5.74) is 0.507. The van der Waals surface area contributed by atoms with Crippen LogP contribution in [-0.4, -0.2) is 24.8 Å². The molecule has 16 heavy (non-hydrogen) atoms. The van der Waals surface area contributed by atoms with Gasteiger partial charge < -0.3 is 14.6 Å². The minimum atomic E-state index is -0.440. The van der Waals surface area contributed by atoms with Crippen LogP contribution in [0.3, 0.4) is 0 Å². The molecule has 0 saturated carbocycles. The lowest BCUT2D eigenvalue weighted by atomic mass is 10.1. The van der Waals surface area contributed by atoms with Gasteiger partial charge in [-0.25, -0.2) is 4.79 Å². The van der Waals surface area contributed by atoms with Crippen molar-refractivity contribution in [2.75, 3.05) is 13.7 Å². The predicted octanol–water partition coefficient (Wildman–Crippen LogP) is 1.98. The fourth-order valence-corrected chi connectivity index (χ4v) is 1.19. The van der Waals surface area contributed by atoms with Crippen LogP contribution in [0.4, 0.5) is 0 Å². The molecule has 0 amide bonds. The third-order valence-corrected chi connectivity index (χ3v) is 1.94. The van der Waals surface area contributed by atoms with Crippen LogP contribution in [0.1, 0.15) is 12.5 Å². The quantitative estimate of drug-likeness (QED) is 0.625. The molecule has 0 heterocycles. The van der Waals surface area contributed by atoms with Crippen LogP contribution in [0.2, 0.25) is 0 Å². The molecule has 0 atom stereocenters. The normalized spacial score (nSPS) is 10.4. The van der Waals surface area contributed by atoms with E-state index in [-0.39, 0.29) is 5.75 Å². The highest BCUT2D eigenvalue weighted by molar-refractivity contribution is 5.87. The zero-order chi connectivity index (χ0) is 12.0. The Labute approximate surface area is 94.1 Å². The van der Waals surface area contributed by atoms with E-state index >= 15 is 0 Å². The van der Waals surface area contributed by atoms with Crippen molar-refractivity contribution in [2.24, 2.45) is 0 Å². The molecule has 4 heteroatoms. The number of para-hydroxylation sites is 1. The number of hydrogen-bond donors (Lipinski definition) is 1. The molecule has 4 nitrogen and oxygen atoms in total. The van der Waals surface area contributed by atoms with Crippen LogP contribution in [0.5, 0.6) is 11.5 Å². The molecule has 86 valence electrons. The summed E-state index contributed by atoms with van der Waals surface area (Å²) < 4.78 is 9.66. The summed E-state index contributed by atoms with van der Waals surface area (Å²) in [4.78, 5) is 11.1. The van der Waals surface area contributed by atoms with Crippen molar-refractivity contribution in [1.29, 1.82) is 0 Å². The molecular weight excluding hydrogens is 208 g/mol. The zero-order valence-electron chi connectivity index (χ0n) is 9.27. The van der Waals surface area contributed by atoms with E-state index in [4.69, 9.17) is 9.47 Å². The molecule has 0 spiro atoms. The fourth-order valence-electron chi connectivity index (χ4n) is 1.19. The molecule has 1 aromatic rings. The minimum absolute atomic E-state index is 0.00514. The maximum Gasteiger partial charge on any atom is 0.330 e. The van der Waals surface area contributed by atoms with Gasteiger partial charge in [0.15, 0.2) is 11.5 Å². The molecule has 0 fully saturated rings. The average molecular weight is 222 g/mol. The van der Waals surface area contributed by atoms with E-state index in [0.29, 0.717) is 17.9 Å². The molecule has 0 bridgehead atoms. The lowest BCUT2D eigenvalue weighted by molar-refractivity contribution is -0.137. The summed E-state index contributed by atoms with van der Waals surface area (Å²) in [6.45, 7) is 2.06. The zero-order valence-corrected chi connectivity index (χ0v) is 9.27. The summed E-state index contributed by atoms with van der Waals surface area (Å²) in [6, 6.07) is 5.04. The van der Waals surface area contributed by atoms with Gasteiger partial charge in [-0.2, -0.15) is 0 Å². The van der Waals surface area contributed by atoms with Crippen LogP contribution in [0.25, 0.3) is 6.08 Å². The number of carbonyl (C=O) groups excluding carboxylic acids is 1. The van der Waals surface area contributed by atoms with Gasteiger partial charge in [0, 0.05) is 11.6 Å². The second-order valence-corrected chi connectivity index (χ2v) is 2.98. The van der Waals surface area contributed by atoms with Crippen LogP contribution in [0, 0.1) is 0 Å². The SMILES string of the molecule is CCOC(=O)/C=C\c1cccc(OC)c1O. The molecule has 1 rings (SSSR count). The van der Waals surface area contributed by atoms with Gasteiger partial charge in [0.2, 0.25) is 0 Å². The maximum atomic E-state index is 11.1. The van der Waals surface area contributed by atoms with Crippen molar-refractivity contribution in [3.63, 3.8) is 0 Å². The summed E-state index contributed by atoms with van der Waals surface area (Å²) >= 11 is 0. The monoisotopic (exact) mass is 222 g/mol. The number of methoxy groups -OCH3 is 1. The van der Waals surface area contributed by atoms with E-state index in [1.165, 1.54) is 19.3 Å². The fraction of sp³-hybridized carbons (Fsp3) is 0.250. The Morgan fingerprint density at radius 2 is 2.25 bits per heavy atom. The van der Waals surface area contributed by atoms with Gasteiger partial charge in [-0.05, 0) is 19.1 Å². The lowest BCUT2D eigenvalue weighted by Gasteiger charge is -2.04. The van der Waals surface area contributed by atoms with Gasteiger partial charge in [-0.3, -0.25) is 0 Å². The number of benzene rings is 1. The van der Waals surface area contributed by atoms with E-state index in [0.717, 1.165) is 0 Å². The predicted molar refractivity (Wildman–Crippen MR) is 60.3 cm³/mol. The largest absolute Gasteiger partial charge is 0.504 e. The van der Waals surface area contributed by atoms with E-state index < -0.39 is 5.97 Å². The Balaban J connectivity index is 2.85. The standard InChI is InChI=1S/C12H14O4/c1-3-16-11(13)8-7-9-5-4-6-10(15-2)12(9)14/h4-8,14H,3H2,1-2H3/b8-7-. The lowest BCUT2D eigenvalue weighted by Crippen LogP contribution is -1.98. The van der Waals surface area contributed by atoms with Gasteiger partial charge in [0.1, 0.15) is 0 Å². The van der Waals surface area contributed by atoms with Gasteiger partial charge in [0.05, 0.1) is 13.7 Å². The first kappa shape index (κ1) is 12.1. The van der Waals surface area contributed by atoms with Crippen LogP contribution in [0.15, 0.2) is 24.3 Å². The Bertz CT molecular complexity index is 396. The Kier molecular flexibility index (Phi) is 4.39. The van der Waals surface area contributed by atoms with Crippen molar-refractivity contribution in [2.45, 2.75) is 6.92 Å².